The second-order valence-corrected chi connectivity index (χ2v) is 5.07. The predicted molar refractivity (Wildman–Crippen MR) is 54.6 cm³/mol. The fraction of sp³-hybridized carbons (Fsp3) is 0.143. The van der Waals surface area contributed by atoms with Crippen LogP contribution >= 0.6 is 22.6 Å². The Morgan fingerprint density at radius 1 is 1.42 bits per heavy atom. The predicted octanol–water partition coefficient (Wildman–Crippen LogP) is 1.63. The highest BCUT2D eigenvalue weighted by molar-refractivity contribution is 14.1. The molecule has 0 aliphatic heterocycles. The molecule has 0 fully saturated rings. The maximum Gasteiger partial charge on any atom is 0.306 e. The van der Waals surface area contributed by atoms with Gasteiger partial charge in [0.2, 0.25) is 0 Å². The summed E-state index contributed by atoms with van der Waals surface area (Å²) in [7, 11) is -3.40. The summed E-state index contributed by atoms with van der Waals surface area (Å²) in [4.78, 5) is 0. The zero-order valence-electron chi connectivity index (χ0n) is 6.32. The summed E-state index contributed by atoms with van der Waals surface area (Å²) in [5.74, 6) is 0.351. The fourth-order valence-electron chi connectivity index (χ4n) is 0.694. The molecule has 0 unspecified atom stereocenters. The van der Waals surface area contributed by atoms with Crippen LogP contribution in [-0.2, 0) is 10.1 Å². The monoisotopic (exact) mass is 298 g/mol. The quantitative estimate of drug-likeness (QED) is 0.616. The lowest BCUT2D eigenvalue weighted by Crippen LogP contribution is -2.05. The lowest BCUT2D eigenvalue weighted by atomic mass is 10.3. The largest absolute Gasteiger partial charge is 0.383 e. The maximum atomic E-state index is 10.7. The molecule has 1 aromatic carbocycles. The van der Waals surface area contributed by atoms with Crippen molar-refractivity contribution in [1.82, 2.24) is 0 Å². The van der Waals surface area contributed by atoms with Crippen LogP contribution in [0.25, 0.3) is 0 Å². The van der Waals surface area contributed by atoms with Crippen molar-refractivity contribution in [2.24, 2.45) is 0 Å². The van der Waals surface area contributed by atoms with E-state index in [9.17, 15) is 8.42 Å². The van der Waals surface area contributed by atoms with Crippen molar-refractivity contribution in [1.29, 1.82) is 0 Å². The Kier molecular flexibility index (Phi) is 2.94. The van der Waals surface area contributed by atoms with Crippen LogP contribution in [0, 0.1) is 3.57 Å². The molecule has 3 nitrogen and oxygen atoms in total. The summed E-state index contributed by atoms with van der Waals surface area (Å²) < 4.78 is 27.0. The molecule has 0 aliphatic rings. The van der Waals surface area contributed by atoms with Gasteiger partial charge in [-0.05, 0) is 40.8 Å². The summed E-state index contributed by atoms with van der Waals surface area (Å²) in [6, 6.07) is 6.85. The zero-order valence-corrected chi connectivity index (χ0v) is 9.29. The number of rotatable bonds is 2. The van der Waals surface area contributed by atoms with Crippen molar-refractivity contribution < 1.29 is 12.6 Å². The lowest BCUT2D eigenvalue weighted by molar-refractivity contribution is 0.493. The second kappa shape index (κ2) is 3.61. The van der Waals surface area contributed by atoms with Gasteiger partial charge in [-0.3, -0.25) is 0 Å². The van der Waals surface area contributed by atoms with Gasteiger partial charge in [-0.25, -0.2) is 0 Å². The molecule has 0 saturated carbocycles. The molecule has 0 heterocycles. The highest BCUT2D eigenvalue weighted by Gasteiger charge is 2.03. The molecule has 0 amide bonds. The van der Waals surface area contributed by atoms with Crippen molar-refractivity contribution in [3.05, 3.63) is 27.8 Å². The summed E-state index contributed by atoms with van der Waals surface area (Å²) in [6.07, 6.45) is 1.02. The smallest absolute Gasteiger partial charge is 0.306 e. The van der Waals surface area contributed by atoms with E-state index in [4.69, 9.17) is 0 Å². The van der Waals surface area contributed by atoms with E-state index in [1.54, 1.807) is 18.2 Å². The third kappa shape index (κ3) is 3.40. The van der Waals surface area contributed by atoms with E-state index in [0.29, 0.717) is 5.75 Å². The second-order valence-electron chi connectivity index (χ2n) is 2.24. The third-order valence-electron chi connectivity index (χ3n) is 1.04. The molecule has 0 N–H and O–H groups in total. The van der Waals surface area contributed by atoms with E-state index >= 15 is 0 Å². The first-order chi connectivity index (χ1) is 5.47. The highest BCUT2D eigenvalue weighted by atomic mass is 127. The Morgan fingerprint density at radius 3 is 2.58 bits per heavy atom. The van der Waals surface area contributed by atoms with Crippen LogP contribution in [0.1, 0.15) is 0 Å². The highest BCUT2D eigenvalue weighted by Crippen LogP contribution is 2.15. The van der Waals surface area contributed by atoms with E-state index in [2.05, 4.69) is 26.8 Å². The van der Waals surface area contributed by atoms with Crippen LogP contribution in [0.3, 0.4) is 0 Å². The van der Waals surface area contributed by atoms with Gasteiger partial charge in [-0.2, -0.15) is 8.42 Å². The molecule has 0 aromatic heterocycles. The minimum atomic E-state index is -3.40. The summed E-state index contributed by atoms with van der Waals surface area (Å²) >= 11 is 2.08. The van der Waals surface area contributed by atoms with Gasteiger partial charge in [0.1, 0.15) is 5.75 Å². The van der Waals surface area contributed by atoms with Crippen LogP contribution < -0.4 is 4.18 Å². The number of hydrogen-bond acceptors (Lipinski definition) is 3. The van der Waals surface area contributed by atoms with Crippen molar-refractivity contribution in [3.8, 4) is 5.75 Å². The minimum Gasteiger partial charge on any atom is -0.383 e. The fourth-order valence-corrected chi connectivity index (χ4v) is 1.66. The maximum absolute atomic E-state index is 10.7. The molecular weight excluding hydrogens is 291 g/mol. The Morgan fingerprint density at radius 2 is 2.08 bits per heavy atom. The van der Waals surface area contributed by atoms with E-state index < -0.39 is 10.1 Å². The third-order valence-corrected chi connectivity index (χ3v) is 2.21. The lowest BCUT2D eigenvalue weighted by Gasteiger charge is -2.01. The molecule has 1 rings (SSSR count). The SMILES string of the molecule is CS(=O)(=O)Oc1cccc(I)c1. The summed E-state index contributed by atoms with van der Waals surface area (Å²) in [5, 5.41) is 0. The summed E-state index contributed by atoms with van der Waals surface area (Å²) in [5.41, 5.74) is 0. The molecule has 1 aromatic rings. The topological polar surface area (TPSA) is 43.4 Å². The molecular formula is C7H7IO3S. The Hall–Kier alpha value is -0.300. The average Bonchev–Trinajstić information content (AvgIpc) is 1.82. The van der Waals surface area contributed by atoms with Crippen LogP contribution in [0.5, 0.6) is 5.75 Å². The molecule has 0 radical (unpaired) electrons. The van der Waals surface area contributed by atoms with Gasteiger partial charge in [0.15, 0.2) is 0 Å². The Bertz CT molecular complexity index is 372. The first-order valence-corrected chi connectivity index (χ1v) is 6.02. The van der Waals surface area contributed by atoms with Gasteiger partial charge < -0.3 is 4.18 Å². The van der Waals surface area contributed by atoms with Gasteiger partial charge in [0, 0.05) is 3.57 Å². The Balaban J connectivity index is 2.91. The van der Waals surface area contributed by atoms with Gasteiger partial charge in [0.25, 0.3) is 0 Å². The Labute approximate surface area is 85.0 Å². The van der Waals surface area contributed by atoms with Crippen molar-refractivity contribution in [2.75, 3.05) is 6.26 Å². The molecule has 0 atom stereocenters. The molecule has 0 bridgehead atoms. The van der Waals surface area contributed by atoms with Gasteiger partial charge in [-0.15, -0.1) is 0 Å². The van der Waals surface area contributed by atoms with Crippen molar-refractivity contribution in [2.45, 2.75) is 0 Å². The van der Waals surface area contributed by atoms with Crippen LogP contribution in [0.15, 0.2) is 24.3 Å². The van der Waals surface area contributed by atoms with E-state index in [1.165, 1.54) is 0 Å². The normalized spacial score (nSPS) is 11.2. The van der Waals surface area contributed by atoms with Crippen LogP contribution in [0.4, 0.5) is 0 Å². The summed E-state index contributed by atoms with van der Waals surface area (Å²) in [6.45, 7) is 0. The zero-order chi connectivity index (χ0) is 9.19. The van der Waals surface area contributed by atoms with Gasteiger partial charge in [0.05, 0.1) is 6.26 Å². The van der Waals surface area contributed by atoms with E-state index in [-0.39, 0.29) is 0 Å². The van der Waals surface area contributed by atoms with E-state index in [1.807, 2.05) is 6.07 Å². The van der Waals surface area contributed by atoms with Gasteiger partial charge in [-0.1, -0.05) is 6.07 Å². The molecule has 0 spiro atoms. The van der Waals surface area contributed by atoms with Crippen molar-refractivity contribution in [3.63, 3.8) is 0 Å². The number of halogens is 1. The molecule has 66 valence electrons. The van der Waals surface area contributed by atoms with Crippen LogP contribution in [-0.4, -0.2) is 14.7 Å². The average molecular weight is 298 g/mol. The minimum absolute atomic E-state index is 0.351. The molecule has 0 saturated heterocycles. The standard InChI is InChI=1S/C7H7IO3S/c1-12(9,10)11-7-4-2-3-6(8)5-7/h2-5H,1H3. The first kappa shape index (κ1) is 9.79. The first-order valence-electron chi connectivity index (χ1n) is 3.12. The number of benzene rings is 1. The van der Waals surface area contributed by atoms with Crippen LogP contribution in [0.2, 0.25) is 0 Å². The molecule has 5 heteroatoms. The molecule has 12 heavy (non-hydrogen) atoms. The van der Waals surface area contributed by atoms with Crippen molar-refractivity contribution >= 4 is 32.7 Å². The molecule has 0 aliphatic carbocycles. The number of hydrogen-bond donors (Lipinski definition) is 0. The van der Waals surface area contributed by atoms with Gasteiger partial charge >= 0.3 is 10.1 Å². The van der Waals surface area contributed by atoms with E-state index in [0.717, 1.165) is 9.83 Å².